The highest BCUT2D eigenvalue weighted by atomic mass is 16.5. The lowest BCUT2D eigenvalue weighted by atomic mass is 10.7. The zero-order valence-electron chi connectivity index (χ0n) is 4.06. The molecule has 0 unspecified atom stereocenters. The van der Waals surface area contributed by atoms with E-state index in [0.717, 1.165) is 0 Å². The van der Waals surface area contributed by atoms with E-state index < -0.39 is 0 Å². The smallest absolute Gasteiger partial charge is 0.200 e. The number of ether oxygens (including phenoxy) is 1. The summed E-state index contributed by atoms with van der Waals surface area (Å²) in [5, 5.41) is 2.74. The number of hydrogen-bond donors (Lipinski definition) is 1. The Balaban J connectivity index is 2.36. The maximum Gasteiger partial charge on any atom is 0.200 e. The van der Waals surface area contributed by atoms with Gasteiger partial charge in [0.15, 0.2) is 12.6 Å². The first-order valence-corrected chi connectivity index (χ1v) is 2.02. The summed E-state index contributed by atoms with van der Waals surface area (Å²) in [6, 6.07) is 0. The largest absolute Gasteiger partial charge is 0.483 e. The van der Waals surface area contributed by atoms with Crippen LogP contribution >= 0.6 is 0 Å². The second-order valence-electron chi connectivity index (χ2n) is 1.18. The Hall–Kier alpha value is -0.570. The van der Waals surface area contributed by atoms with E-state index in [2.05, 4.69) is 17.0 Å². The average molecular weight is 98.1 g/mol. The SMILES string of the molecule is COC1=N[C]NC1. The Morgan fingerprint density at radius 3 is 3.14 bits per heavy atom. The van der Waals surface area contributed by atoms with Crippen LogP contribution in [0.2, 0.25) is 0 Å². The molecular formula is C4H6N2O. The highest BCUT2D eigenvalue weighted by Crippen LogP contribution is 1.88. The molecule has 1 heterocycles. The molecule has 1 aliphatic heterocycles. The summed E-state index contributed by atoms with van der Waals surface area (Å²) >= 11 is 0. The molecule has 0 aliphatic carbocycles. The van der Waals surface area contributed by atoms with E-state index in [-0.39, 0.29) is 0 Å². The molecule has 0 spiro atoms. The minimum Gasteiger partial charge on any atom is -0.483 e. The predicted molar refractivity (Wildman–Crippen MR) is 25.7 cm³/mol. The van der Waals surface area contributed by atoms with Crippen LogP contribution in [0.3, 0.4) is 0 Å². The van der Waals surface area contributed by atoms with Gasteiger partial charge >= 0.3 is 0 Å². The number of nitrogens with one attached hydrogen (secondary N) is 1. The maximum absolute atomic E-state index is 4.74. The van der Waals surface area contributed by atoms with Crippen molar-refractivity contribution >= 4 is 5.90 Å². The van der Waals surface area contributed by atoms with Gasteiger partial charge in [-0.2, -0.15) is 0 Å². The Kier molecular flexibility index (Phi) is 1.26. The van der Waals surface area contributed by atoms with E-state index in [1.807, 2.05) is 0 Å². The molecule has 7 heavy (non-hydrogen) atoms. The second-order valence-corrected chi connectivity index (χ2v) is 1.18. The quantitative estimate of drug-likeness (QED) is 0.448. The summed E-state index contributed by atoms with van der Waals surface area (Å²) in [5.41, 5.74) is 0. The third kappa shape index (κ3) is 0.899. The van der Waals surface area contributed by atoms with Gasteiger partial charge in [-0.1, -0.05) is 0 Å². The molecule has 1 aliphatic rings. The molecule has 1 rings (SSSR count). The fraction of sp³-hybridized carbons (Fsp3) is 0.500. The van der Waals surface area contributed by atoms with Gasteiger partial charge in [0.2, 0.25) is 0 Å². The molecule has 0 fully saturated rings. The zero-order valence-corrected chi connectivity index (χ0v) is 4.06. The average Bonchev–Trinajstić information content (AvgIpc) is 2.14. The van der Waals surface area contributed by atoms with Gasteiger partial charge in [-0.3, -0.25) is 5.32 Å². The van der Waals surface area contributed by atoms with Gasteiger partial charge in [-0.25, -0.2) is 4.99 Å². The summed E-state index contributed by atoms with van der Waals surface area (Å²) in [7, 11) is 1.59. The van der Waals surface area contributed by atoms with Gasteiger partial charge in [0.25, 0.3) is 0 Å². The fourth-order valence-corrected chi connectivity index (χ4v) is 0.374. The van der Waals surface area contributed by atoms with Gasteiger partial charge in [0, 0.05) is 0 Å². The number of rotatable bonds is 0. The summed E-state index contributed by atoms with van der Waals surface area (Å²) in [4.78, 5) is 3.69. The van der Waals surface area contributed by atoms with Crippen molar-refractivity contribution in [1.29, 1.82) is 0 Å². The third-order valence-electron chi connectivity index (χ3n) is 0.735. The molecule has 2 radical (unpaired) electrons. The number of nitrogens with zero attached hydrogens (tertiary/aromatic N) is 1. The first-order chi connectivity index (χ1) is 3.43. The van der Waals surface area contributed by atoms with Crippen LogP contribution in [0.25, 0.3) is 0 Å². The molecule has 3 nitrogen and oxygen atoms in total. The van der Waals surface area contributed by atoms with Gasteiger partial charge in [-0.15, -0.1) is 0 Å². The Labute approximate surface area is 42.4 Å². The third-order valence-corrected chi connectivity index (χ3v) is 0.735. The van der Waals surface area contributed by atoms with Gasteiger partial charge < -0.3 is 4.74 Å². The maximum atomic E-state index is 4.74. The van der Waals surface area contributed by atoms with Crippen LogP contribution in [0, 0.1) is 6.67 Å². The van der Waals surface area contributed by atoms with Crippen molar-refractivity contribution in [2.24, 2.45) is 4.99 Å². The molecule has 0 aromatic heterocycles. The van der Waals surface area contributed by atoms with Crippen molar-refractivity contribution in [3.63, 3.8) is 0 Å². The first-order valence-electron chi connectivity index (χ1n) is 2.02. The lowest BCUT2D eigenvalue weighted by Gasteiger charge is -1.91. The van der Waals surface area contributed by atoms with Gasteiger partial charge in [0.1, 0.15) is 0 Å². The van der Waals surface area contributed by atoms with E-state index in [9.17, 15) is 0 Å². The van der Waals surface area contributed by atoms with Crippen LogP contribution in [0.1, 0.15) is 0 Å². The van der Waals surface area contributed by atoms with Crippen molar-refractivity contribution in [1.82, 2.24) is 5.32 Å². The lowest BCUT2D eigenvalue weighted by Crippen LogP contribution is -2.11. The van der Waals surface area contributed by atoms with Crippen molar-refractivity contribution < 1.29 is 4.74 Å². The number of aliphatic imine (C=N–C) groups is 1. The Morgan fingerprint density at radius 2 is 2.86 bits per heavy atom. The Bertz CT molecular complexity index is 89.7. The molecular weight excluding hydrogens is 92.1 g/mol. The van der Waals surface area contributed by atoms with Crippen molar-refractivity contribution in [3.8, 4) is 0 Å². The fourth-order valence-electron chi connectivity index (χ4n) is 0.374. The van der Waals surface area contributed by atoms with Crippen LogP contribution in [0.5, 0.6) is 0 Å². The summed E-state index contributed by atoms with van der Waals surface area (Å²) in [6.07, 6.45) is 0. The normalized spacial score (nSPS) is 19.3. The topological polar surface area (TPSA) is 33.6 Å². The highest BCUT2D eigenvalue weighted by Gasteiger charge is 2.03. The van der Waals surface area contributed by atoms with Crippen LogP contribution in [0.4, 0.5) is 0 Å². The van der Waals surface area contributed by atoms with E-state index in [1.165, 1.54) is 0 Å². The van der Waals surface area contributed by atoms with E-state index >= 15 is 0 Å². The monoisotopic (exact) mass is 98.0 g/mol. The van der Waals surface area contributed by atoms with E-state index in [0.29, 0.717) is 12.4 Å². The van der Waals surface area contributed by atoms with Gasteiger partial charge in [0.05, 0.1) is 13.7 Å². The molecule has 38 valence electrons. The summed E-state index contributed by atoms with van der Waals surface area (Å²) < 4.78 is 4.74. The zero-order chi connectivity index (χ0) is 5.11. The molecule has 0 aromatic carbocycles. The van der Waals surface area contributed by atoms with Crippen LogP contribution < -0.4 is 5.32 Å². The van der Waals surface area contributed by atoms with E-state index in [4.69, 9.17) is 4.74 Å². The van der Waals surface area contributed by atoms with Gasteiger partial charge in [-0.05, 0) is 0 Å². The lowest BCUT2D eigenvalue weighted by molar-refractivity contribution is 0.398. The molecule has 0 amide bonds. The van der Waals surface area contributed by atoms with Crippen LogP contribution in [0.15, 0.2) is 4.99 Å². The molecule has 0 atom stereocenters. The van der Waals surface area contributed by atoms with Crippen molar-refractivity contribution in [2.45, 2.75) is 0 Å². The predicted octanol–water partition coefficient (Wildman–Crippen LogP) is -0.369. The Morgan fingerprint density at radius 1 is 2.00 bits per heavy atom. The summed E-state index contributed by atoms with van der Waals surface area (Å²) in [6.45, 7) is 3.21. The van der Waals surface area contributed by atoms with Crippen LogP contribution in [-0.4, -0.2) is 19.6 Å². The minimum atomic E-state index is 0.677. The highest BCUT2D eigenvalue weighted by molar-refractivity contribution is 5.80. The number of methoxy groups -OCH3 is 1. The molecule has 3 heteroatoms. The minimum absolute atomic E-state index is 0.677. The molecule has 0 aromatic rings. The molecule has 0 bridgehead atoms. The molecule has 0 saturated heterocycles. The van der Waals surface area contributed by atoms with E-state index in [1.54, 1.807) is 7.11 Å². The van der Waals surface area contributed by atoms with Crippen molar-refractivity contribution in [2.75, 3.05) is 13.7 Å². The number of hydrogen-bond acceptors (Lipinski definition) is 3. The molecule has 1 N–H and O–H groups in total. The standard InChI is InChI=1S/C4H6N2O/c1-7-4-2-5-3-6-4/h5H,2H2,1H3. The second kappa shape index (κ2) is 1.93. The summed E-state index contributed by atoms with van der Waals surface area (Å²) in [5.74, 6) is 0.694. The van der Waals surface area contributed by atoms with Crippen molar-refractivity contribution in [3.05, 3.63) is 6.67 Å². The first kappa shape index (κ1) is 4.59. The molecule has 0 saturated carbocycles. The van der Waals surface area contributed by atoms with Crippen LogP contribution in [-0.2, 0) is 4.74 Å².